The monoisotopic (exact) mass is 734 g/mol. The van der Waals surface area contributed by atoms with Crippen molar-refractivity contribution in [1.29, 1.82) is 0 Å². The largest absolute Gasteiger partial charge is 0.416 e. The molecule has 0 amide bonds. The molecular weight excluding hydrogens is 715 g/mol. The molecule has 10 rings (SSSR count). The second kappa shape index (κ2) is 11.0. The van der Waals surface area contributed by atoms with Gasteiger partial charge in [0, 0.05) is 59.2 Å². The Kier molecular flexibility index (Phi) is 6.63. The van der Waals surface area contributed by atoms with E-state index in [1.807, 2.05) is 82.6 Å². The van der Waals surface area contributed by atoms with E-state index in [1.54, 1.807) is 12.4 Å². The average molecular weight is 735 g/mol. The van der Waals surface area contributed by atoms with Crippen LogP contribution in [0.2, 0.25) is 0 Å². The highest BCUT2D eigenvalue weighted by Gasteiger charge is 2.35. The second-order valence-electron chi connectivity index (χ2n) is 12.5. The minimum atomic E-state index is -4.52. The van der Waals surface area contributed by atoms with Gasteiger partial charge >= 0.3 is 12.4 Å². The number of anilines is 6. The molecule has 0 radical (unpaired) electrons. The standard InChI is InChI=1S/C40H20F6N4S2/c41-39(42,43)23-9-11-35-31(15-23)49(29-5-1-3-7-33(29)51-35)25-13-21-19-47-27-17-26(18-28-38(27)37(21)22(14-25)20-48-28)50-30-6-2-4-8-34(30)52-36-12-10-24(16-32(36)50)40(44,45)46/h1-20H. The van der Waals surface area contributed by atoms with E-state index in [9.17, 15) is 26.3 Å². The van der Waals surface area contributed by atoms with Crippen molar-refractivity contribution < 1.29 is 26.3 Å². The minimum Gasteiger partial charge on any atom is -0.308 e. The Morgan fingerprint density at radius 1 is 0.442 bits per heavy atom. The first kappa shape index (κ1) is 31.3. The normalized spacial score (nSPS) is 14.1. The lowest BCUT2D eigenvalue weighted by Crippen LogP contribution is -2.17. The number of para-hydroxylation sites is 2. The van der Waals surface area contributed by atoms with Crippen molar-refractivity contribution in [1.82, 2.24) is 9.97 Å². The third kappa shape index (κ3) is 4.81. The summed E-state index contributed by atoms with van der Waals surface area (Å²) in [7, 11) is 0. The summed E-state index contributed by atoms with van der Waals surface area (Å²) in [5.74, 6) is 0. The number of halogens is 6. The number of hydrogen-bond acceptors (Lipinski definition) is 6. The van der Waals surface area contributed by atoms with Crippen LogP contribution < -0.4 is 9.80 Å². The average Bonchev–Trinajstić information content (AvgIpc) is 3.13. The topological polar surface area (TPSA) is 32.3 Å². The molecule has 0 bridgehead atoms. The lowest BCUT2D eigenvalue weighted by Gasteiger charge is -2.34. The van der Waals surface area contributed by atoms with Gasteiger partial charge in [0.2, 0.25) is 0 Å². The van der Waals surface area contributed by atoms with E-state index < -0.39 is 23.5 Å². The van der Waals surface area contributed by atoms with Gasteiger partial charge in [-0.25, -0.2) is 0 Å². The number of rotatable bonds is 2. The van der Waals surface area contributed by atoms with Crippen molar-refractivity contribution in [3.05, 3.63) is 133 Å². The Morgan fingerprint density at radius 2 is 0.865 bits per heavy atom. The van der Waals surface area contributed by atoms with Crippen LogP contribution in [0.4, 0.5) is 60.5 Å². The van der Waals surface area contributed by atoms with E-state index in [-0.39, 0.29) is 0 Å². The van der Waals surface area contributed by atoms with Crippen molar-refractivity contribution in [2.75, 3.05) is 9.80 Å². The number of pyridine rings is 2. The third-order valence-electron chi connectivity index (χ3n) is 9.42. The number of alkyl halides is 6. The number of benzene rings is 6. The van der Waals surface area contributed by atoms with Crippen LogP contribution in [0.15, 0.2) is 141 Å². The molecular formula is C40H20F6N4S2. The van der Waals surface area contributed by atoms with E-state index in [1.165, 1.54) is 47.8 Å². The molecule has 2 aliphatic rings. The molecule has 0 saturated carbocycles. The fourth-order valence-corrected chi connectivity index (χ4v) is 9.25. The van der Waals surface area contributed by atoms with Crippen molar-refractivity contribution >= 4 is 90.2 Å². The van der Waals surface area contributed by atoms with E-state index in [2.05, 4.69) is 0 Å². The van der Waals surface area contributed by atoms with Gasteiger partial charge in [-0.3, -0.25) is 9.97 Å². The molecule has 4 nitrogen and oxygen atoms in total. The quantitative estimate of drug-likeness (QED) is 0.130. The molecule has 52 heavy (non-hydrogen) atoms. The van der Waals surface area contributed by atoms with Crippen molar-refractivity contribution in [3.63, 3.8) is 0 Å². The fraction of sp³-hybridized carbons (Fsp3) is 0.0500. The van der Waals surface area contributed by atoms with Gasteiger partial charge in [0.15, 0.2) is 0 Å². The first-order valence-corrected chi connectivity index (χ1v) is 17.7. The third-order valence-corrected chi connectivity index (χ3v) is 11.7. The highest BCUT2D eigenvalue weighted by atomic mass is 32.2. The van der Waals surface area contributed by atoms with Crippen LogP contribution in [0.3, 0.4) is 0 Å². The molecule has 12 heteroatoms. The van der Waals surface area contributed by atoms with Crippen LogP contribution in [-0.2, 0) is 12.4 Å². The van der Waals surface area contributed by atoms with Crippen LogP contribution in [0, 0.1) is 0 Å². The Labute approximate surface area is 300 Å². The van der Waals surface area contributed by atoms with Crippen LogP contribution >= 0.6 is 23.5 Å². The molecule has 0 fully saturated rings. The van der Waals surface area contributed by atoms with E-state index >= 15 is 0 Å². The maximum absolute atomic E-state index is 13.9. The smallest absolute Gasteiger partial charge is 0.308 e. The molecule has 0 saturated heterocycles. The Morgan fingerprint density at radius 3 is 1.33 bits per heavy atom. The lowest BCUT2D eigenvalue weighted by molar-refractivity contribution is -0.138. The zero-order valence-electron chi connectivity index (χ0n) is 26.4. The molecule has 254 valence electrons. The van der Waals surface area contributed by atoms with Crippen LogP contribution in [-0.4, -0.2) is 9.97 Å². The van der Waals surface area contributed by atoms with Gasteiger partial charge in [-0.15, -0.1) is 0 Å². The summed E-state index contributed by atoms with van der Waals surface area (Å²) in [6, 6.07) is 30.3. The predicted octanol–water partition coefficient (Wildman–Crippen LogP) is 13.3. The second-order valence-corrected chi connectivity index (χ2v) is 14.7. The van der Waals surface area contributed by atoms with Gasteiger partial charge < -0.3 is 9.80 Å². The van der Waals surface area contributed by atoms with Gasteiger partial charge in [0.1, 0.15) is 0 Å². The zero-order chi connectivity index (χ0) is 35.5. The number of nitrogens with zero attached hydrogens (tertiary/aromatic N) is 4. The summed E-state index contributed by atoms with van der Waals surface area (Å²) >= 11 is 2.84. The SMILES string of the molecule is FC(F)(F)c1ccc2c(c1)N(c1cc3cnc4cc(N5c6ccccc6Sc6ccc(C(F)(F)F)cc65)cc5ncc(c1)c3c45)c1ccccc1S2. The van der Waals surface area contributed by atoms with Gasteiger partial charge in [-0.1, -0.05) is 47.8 Å². The maximum Gasteiger partial charge on any atom is 0.416 e. The van der Waals surface area contributed by atoms with E-state index in [0.29, 0.717) is 43.6 Å². The minimum absolute atomic E-state index is 0.407. The maximum atomic E-state index is 13.9. The molecule has 0 aliphatic carbocycles. The highest BCUT2D eigenvalue weighted by molar-refractivity contribution is 8.00. The van der Waals surface area contributed by atoms with Crippen LogP contribution in [0.5, 0.6) is 0 Å². The summed E-state index contributed by atoms with van der Waals surface area (Å²) < 4.78 is 83.5. The number of hydrogen-bond donors (Lipinski definition) is 0. The lowest BCUT2D eigenvalue weighted by atomic mass is 9.99. The van der Waals surface area contributed by atoms with Gasteiger partial charge in [-0.05, 0) is 84.9 Å². The molecule has 6 aromatic carbocycles. The number of fused-ring (bicyclic) bond motifs is 4. The summed E-state index contributed by atoms with van der Waals surface area (Å²) in [5, 5.41) is 3.20. The van der Waals surface area contributed by atoms with E-state index in [0.717, 1.165) is 54.8 Å². The molecule has 2 aliphatic heterocycles. The predicted molar refractivity (Wildman–Crippen MR) is 193 cm³/mol. The molecule has 0 N–H and O–H groups in total. The molecule has 0 unspecified atom stereocenters. The zero-order valence-corrected chi connectivity index (χ0v) is 28.1. The summed E-state index contributed by atoms with van der Waals surface area (Å²) in [6.07, 6.45) is -5.58. The van der Waals surface area contributed by atoms with Crippen LogP contribution in [0.1, 0.15) is 11.1 Å². The van der Waals surface area contributed by atoms with Gasteiger partial charge in [0.05, 0.1) is 50.6 Å². The van der Waals surface area contributed by atoms with Crippen molar-refractivity contribution in [3.8, 4) is 0 Å². The molecule has 2 aromatic heterocycles. The first-order chi connectivity index (χ1) is 25.0. The summed E-state index contributed by atoms with van der Waals surface area (Å²) in [5.41, 5.74) is 3.33. The Balaban J connectivity index is 1.15. The molecule has 8 aromatic rings. The molecule has 0 spiro atoms. The van der Waals surface area contributed by atoms with Gasteiger partial charge in [0.25, 0.3) is 0 Å². The Bertz CT molecular complexity index is 2510. The highest BCUT2D eigenvalue weighted by Crippen LogP contribution is 2.55. The molecule has 4 heterocycles. The molecule has 0 atom stereocenters. The van der Waals surface area contributed by atoms with Crippen LogP contribution in [0.25, 0.3) is 32.6 Å². The summed E-state index contributed by atoms with van der Waals surface area (Å²) in [4.78, 5) is 16.5. The Hall–Kier alpha value is -5.46. The first-order valence-electron chi connectivity index (χ1n) is 16.0. The van der Waals surface area contributed by atoms with Gasteiger partial charge in [-0.2, -0.15) is 26.3 Å². The summed E-state index contributed by atoms with van der Waals surface area (Å²) in [6.45, 7) is 0. The van der Waals surface area contributed by atoms with Crippen molar-refractivity contribution in [2.45, 2.75) is 31.9 Å². The van der Waals surface area contributed by atoms with E-state index in [4.69, 9.17) is 9.97 Å². The fourth-order valence-electron chi connectivity index (χ4n) is 7.18. The van der Waals surface area contributed by atoms with Crippen molar-refractivity contribution in [2.24, 2.45) is 0 Å². The number of aromatic nitrogens is 2.